The van der Waals surface area contributed by atoms with Gasteiger partial charge in [0.15, 0.2) is 0 Å². The summed E-state index contributed by atoms with van der Waals surface area (Å²) < 4.78 is 4.72. The Kier molecular flexibility index (Phi) is 5.50. The van der Waals surface area contributed by atoms with Crippen molar-refractivity contribution in [2.24, 2.45) is 0 Å². The first-order chi connectivity index (χ1) is 9.70. The largest absolute Gasteiger partial charge is 0.469 e. The second-order valence-corrected chi connectivity index (χ2v) is 5.67. The van der Waals surface area contributed by atoms with Crippen molar-refractivity contribution in [3.63, 3.8) is 0 Å². The van der Waals surface area contributed by atoms with Crippen LogP contribution in [0.1, 0.15) is 11.1 Å². The van der Waals surface area contributed by atoms with Crippen molar-refractivity contribution in [1.29, 1.82) is 0 Å². The molecule has 2 aromatic rings. The first-order valence-corrected chi connectivity index (χ1v) is 7.58. The van der Waals surface area contributed by atoms with E-state index in [0.29, 0.717) is 6.42 Å². The number of ether oxygens (including phenoxy) is 1. The van der Waals surface area contributed by atoms with E-state index in [0.717, 1.165) is 26.8 Å². The molecule has 2 aromatic carbocycles. The maximum Gasteiger partial charge on any atom is 0.309 e. The lowest BCUT2D eigenvalue weighted by Crippen LogP contribution is -2.06. The molecule has 0 aliphatic heterocycles. The van der Waals surface area contributed by atoms with E-state index in [-0.39, 0.29) is 5.97 Å². The highest BCUT2D eigenvalue weighted by Crippen LogP contribution is 2.30. The van der Waals surface area contributed by atoms with Gasteiger partial charge in [0.25, 0.3) is 0 Å². The fourth-order valence-electron chi connectivity index (χ4n) is 1.82. The molecular weight excluding hydrogens is 292 g/mol. The minimum absolute atomic E-state index is 0.222. The van der Waals surface area contributed by atoms with Crippen LogP contribution in [0.15, 0.2) is 53.4 Å². The number of carbonyl (C=O) groups is 1. The topological polar surface area (TPSA) is 26.3 Å². The Hall–Kier alpha value is -1.45. The molecule has 0 unspecified atom stereocenters. The molecule has 0 spiro atoms. The zero-order valence-corrected chi connectivity index (χ0v) is 12.7. The fourth-order valence-corrected chi connectivity index (χ4v) is 3.09. The van der Waals surface area contributed by atoms with Crippen molar-refractivity contribution in [2.75, 3.05) is 7.11 Å². The number of benzene rings is 2. The Morgan fingerprint density at radius 2 is 1.75 bits per heavy atom. The predicted molar refractivity (Wildman–Crippen MR) is 83.2 cm³/mol. The van der Waals surface area contributed by atoms with Crippen LogP contribution in [0.4, 0.5) is 0 Å². The van der Waals surface area contributed by atoms with Gasteiger partial charge in [-0.1, -0.05) is 48.0 Å². The Morgan fingerprint density at radius 3 is 2.45 bits per heavy atom. The Bertz CT molecular complexity index is 599. The molecule has 0 saturated heterocycles. The third kappa shape index (κ3) is 4.02. The van der Waals surface area contributed by atoms with E-state index in [1.165, 1.54) is 7.11 Å². The molecule has 0 amide bonds. The Balaban J connectivity index is 2.10. The third-order valence-electron chi connectivity index (χ3n) is 2.90. The lowest BCUT2D eigenvalue weighted by Gasteiger charge is -2.09. The van der Waals surface area contributed by atoms with Crippen molar-refractivity contribution >= 4 is 29.3 Å². The van der Waals surface area contributed by atoms with Gasteiger partial charge < -0.3 is 4.74 Å². The summed E-state index contributed by atoms with van der Waals surface area (Å²) in [5.74, 6) is 0.553. The first-order valence-electron chi connectivity index (χ1n) is 6.21. The summed E-state index contributed by atoms with van der Waals surface area (Å²) in [6, 6.07) is 15.7. The summed E-state index contributed by atoms with van der Waals surface area (Å²) in [4.78, 5) is 12.5. The SMILES string of the molecule is COC(=O)Cc1ccccc1CSc1ccccc1Cl. The maximum atomic E-state index is 11.4. The van der Waals surface area contributed by atoms with E-state index in [1.54, 1.807) is 11.8 Å². The quantitative estimate of drug-likeness (QED) is 0.607. The lowest BCUT2D eigenvalue weighted by atomic mass is 10.1. The monoisotopic (exact) mass is 306 g/mol. The van der Waals surface area contributed by atoms with Crippen molar-refractivity contribution in [3.05, 3.63) is 64.7 Å². The molecule has 0 aliphatic carbocycles. The molecule has 4 heteroatoms. The molecule has 20 heavy (non-hydrogen) atoms. The van der Waals surface area contributed by atoms with Gasteiger partial charge in [-0.25, -0.2) is 0 Å². The van der Waals surface area contributed by atoms with Crippen molar-refractivity contribution in [1.82, 2.24) is 0 Å². The highest BCUT2D eigenvalue weighted by atomic mass is 35.5. The minimum atomic E-state index is -0.222. The van der Waals surface area contributed by atoms with Crippen molar-refractivity contribution in [2.45, 2.75) is 17.1 Å². The van der Waals surface area contributed by atoms with Crippen LogP contribution >= 0.6 is 23.4 Å². The van der Waals surface area contributed by atoms with Crippen LogP contribution in [-0.2, 0) is 21.7 Å². The highest BCUT2D eigenvalue weighted by molar-refractivity contribution is 7.98. The van der Waals surface area contributed by atoms with E-state index in [1.807, 2.05) is 48.5 Å². The van der Waals surface area contributed by atoms with Crippen LogP contribution in [0.25, 0.3) is 0 Å². The van der Waals surface area contributed by atoms with Gasteiger partial charge in [-0.05, 0) is 23.3 Å². The number of esters is 1. The third-order valence-corrected chi connectivity index (χ3v) is 4.46. The standard InChI is InChI=1S/C16H15ClO2S/c1-19-16(18)10-12-6-2-3-7-13(12)11-20-15-9-5-4-8-14(15)17/h2-9H,10-11H2,1H3. The molecule has 2 nitrogen and oxygen atoms in total. The van der Waals surface area contributed by atoms with Gasteiger partial charge in [-0.2, -0.15) is 0 Å². The second kappa shape index (κ2) is 7.36. The van der Waals surface area contributed by atoms with Crippen molar-refractivity contribution in [3.8, 4) is 0 Å². The van der Waals surface area contributed by atoms with E-state index >= 15 is 0 Å². The summed E-state index contributed by atoms with van der Waals surface area (Å²) in [6.45, 7) is 0. The molecule has 0 atom stereocenters. The molecule has 0 bridgehead atoms. The van der Waals surface area contributed by atoms with Crippen LogP contribution in [0, 0.1) is 0 Å². The van der Waals surface area contributed by atoms with Gasteiger partial charge in [0.2, 0.25) is 0 Å². The van der Waals surface area contributed by atoms with Crippen LogP contribution in [0.2, 0.25) is 5.02 Å². The number of hydrogen-bond donors (Lipinski definition) is 0. The van der Waals surface area contributed by atoms with Crippen LogP contribution in [0.3, 0.4) is 0 Å². The molecule has 0 fully saturated rings. The second-order valence-electron chi connectivity index (χ2n) is 4.24. The smallest absolute Gasteiger partial charge is 0.309 e. The number of rotatable bonds is 5. The van der Waals surface area contributed by atoms with Gasteiger partial charge in [0.05, 0.1) is 18.6 Å². The molecular formula is C16H15ClO2S. The van der Waals surface area contributed by atoms with Crippen LogP contribution in [-0.4, -0.2) is 13.1 Å². The predicted octanol–water partition coefficient (Wildman–Crippen LogP) is 4.35. The summed E-state index contributed by atoms with van der Waals surface area (Å²) >= 11 is 7.81. The number of carbonyl (C=O) groups excluding carboxylic acids is 1. The fraction of sp³-hybridized carbons (Fsp3) is 0.188. The Morgan fingerprint density at radius 1 is 1.10 bits per heavy atom. The molecule has 2 rings (SSSR count). The van der Waals surface area contributed by atoms with E-state index in [4.69, 9.17) is 16.3 Å². The molecule has 0 radical (unpaired) electrons. The molecule has 0 N–H and O–H groups in total. The van der Waals surface area contributed by atoms with E-state index < -0.39 is 0 Å². The molecule has 0 aromatic heterocycles. The summed E-state index contributed by atoms with van der Waals surface area (Å²) in [5.41, 5.74) is 2.13. The summed E-state index contributed by atoms with van der Waals surface area (Å²) in [5, 5.41) is 0.753. The minimum Gasteiger partial charge on any atom is -0.469 e. The zero-order chi connectivity index (χ0) is 14.4. The van der Waals surface area contributed by atoms with Gasteiger partial charge >= 0.3 is 5.97 Å². The maximum absolute atomic E-state index is 11.4. The molecule has 0 heterocycles. The van der Waals surface area contributed by atoms with Gasteiger partial charge in [-0.15, -0.1) is 11.8 Å². The number of hydrogen-bond acceptors (Lipinski definition) is 3. The number of methoxy groups -OCH3 is 1. The Labute approximate surface area is 128 Å². The van der Waals surface area contributed by atoms with Crippen molar-refractivity contribution < 1.29 is 9.53 Å². The van der Waals surface area contributed by atoms with Crippen LogP contribution < -0.4 is 0 Å². The average Bonchev–Trinajstić information content (AvgIpc) is 2.47. The molecule has 0 aliphatic rings. The van der Waals surface area contributed by atoms with E-state index in [2.05, 4.69) is 0 Å². The zero-order valence-electron chi connectivity index (χ0n) is 11.1. The van der Waals surface area contributed by atoms with E-state index in [9.17, 15) is 4.79 Å². The summed E-state index contributed by atoms with van der Waals surface area (Å²) in [7, 11) is 1.41. The van der Waals surface area contributed by atoms with Gasteiger partial charge in [-0.3, -0.25) is 4.79 Å². The van der Waals surface area contributed by atoms with Crippen LogP contribution in [0.5, 0.6) is 0 Å². The average molecular weight is 307 g/mol. The number of thioether (sulfide) groups is 1. The van der Waals surface area contributed by atoms with Gasteiger partial charge in [0, 0.05) is 10.6 Å². The normalized spacial score (nSPS) is 10.3. The molecule has 104 valence electrons. The number of halogens is 1. The first kappa shape index (κ1) is 14.9. The molecule has 0 saturated carbocycles. The highest BCUT2D eigenvalue weighted by Gasteiger charge is 2.08. The lowest BCUT2D eigenvalue weighted by molar-refractivity contribution is -0.139. The summed E-state index contributed by atoms with van der Waals surface area (Å²) in [6.07, 6.45) is 0.301. The van der Waals surface area contributed by atoms with Gasteiger partial charge in [0.1, 0.15) is 0 Å².